The monoisotopic (exact) mass is 245 g/mol. The van der Waals surface area contributed by atoms with Gasteiger partial charge in [0.2, 0.25) is 0 Å². The summed E-state index contributed by atoms with van der Waals surface area (Å²) in [5.74, 6) is 0. The molecule has 1 nitrogen and oxygen atoms in total. The zero-order valence-electron chi connectivity index (χ0n) is 8.30. The molecule has 2 fully saturated rings. The van der Waals surface area contributed by atoms with Crippen LogP contribution in [0.1, 0.15) is 30.6 Å². The number of hydrogen-bond acceptors (Lipinski definition) is 2. The van der Waals surface area contributed by atoms with Crippen LogP contribution in [-0.4, -0.2) is 12.1 Å². The van der Waals surface area contributed by atoms with Gasteiger partial charge in [0, 0.05) is 29.8 Å². The lowest BCUT2D eigenvalue weighted by molar-refractivity contribution is 0.0913. The molecule has 0 saturated carbocycles. The van der Waals surface area contributed by atoms with E-state index in [1.165, 1.54) is 11.3 Å². The minimum absolute atomic E-state index is 0.370. The fourth-order valence-electron chi connectivity index (χ4n) is 2.85. The molecule has 2 unspecified atom stereocenters. The van der Waals surface area contributed by atoms with Crippen molar-refractivity contribution >= 4 is 22.9 Å². The number of nitrogens with one attached hydrogen (secondary N) is 1. The van der Waals surface area contributed by atoms with Crippen LogP contribution in [0.3, 0.4) is 0 Å². The number of hydrogen-bond donors (Lipinski definition) is 1. The summed E-state index contributed by atoms with van der Waals surface area (Å²) in [5, 5.41) is 3.45. The molecule has 0 aliphatic carbocycles. The third-order valence-corrected chi connectivity index (χ3v) is 4.90. The average Bonchev–Trinajstić information content (AvgIpc) is 2.74. The van der Waals surface area contributed by atoms with Crippen molar-refractivity contribution in [1.82, 2.24) is 5.32 Å². The van der Waals surface area contributed by atoms with Gasteiger partial charge in [-0.1, -0.05) is 11.6 Å². The predicted molar refractivity (Wildman–Crippen MR) is 61.3 cm³/mol. The molecule has 2 aliphatic heterocycles. The van der Waals surface area contributed by atoms with Crippen LogP contribution in [-0.2, 0) is 5.67 Å². The second-order valence-electron chi connectivity index (χ2n) is 4.62. The van der Waals surface area contributed by atoms with Crippen molar-refractivity contribution in [3.63, 3.8) is 0 Å². The first-order chi connectivity index (χ1) is 7.16. The number of alkyl halides is 1. The molecule has 1 aromatic heterocycles. The van der Waals surface area contributed by atoms with E-state index in [9.17, 15) is 4.39 Å². The summed E-state index contributed by atoms with van der Waals surface area (Å²) in [7, 11) is 0. The Balaban J connectivity index is 1.90. The maximum absolute atomic E-state index is 14.8. The molecule has 1 N–H and O–H groups in total. The predicted octanol–water partition coefficient (Wildman–Crippen LogP) is 3.48. The zero-order chi connectivity index (χ0) is 10.5. The van der Waals surface area contributed by atoms with Crippen LogP contribution in [0.25, 0.3) is 0 Å². The summed E-state index contributed by atoms with van der Waals surface area (Å²) in [6.45, 7) is 0. The summed E-state index contributed by atoms with van der Waals surface area (Å²) in [6.07, 6.45) is 3.46. The van der Waals surface area contributed by atoms with Gasteiger partial charge < -0.3 is 5.32 Å². The van der Waals surface area contributed by atoms with Gasteiger partial charge in [0.1, 0.15) is 5.67 Å². The maximum atomic E-state index is 14.8. The van der Waals surface area contributed by atoms with E-state index in [0.717, 1.165) is 17.7 Å². The summed E-state index contributed by atoms with van der Waals surface area (Å²) < 4.78 is 15.5. The highest BCUT2D eigenvalue weighted by Gasteiger charge is 2.45. The SMILES string of the molecule is FC1(c2ccc(Cl)s2)CC2CCC(C1)N2. The summed E-state index contributed by atoms with van der Waals surface area (Å²) in [6, 6.07) is 4.38. The Morgan fingerprint density at radius 1 is 1.33 bits per heavy atom. The summed E-state index contributed by atoms with van der Waals surface area (Å²) >= 11 is 7.25. The molecule has 15 heavy (non-hydrogen) atoms. The van der Waals surface area contributed by atoms with Gasteiger partial charge in [-0.2, -0.15) is 0 Å². The van der Waals surface area contributed by atoms with Gasteiger partial charge in [-0.15, -0.1) is 11.3 Å². The highest BCUT2D eigenvalue weighted by molar-refractivity contribution is 7.16. The second-order valence-corrected chi connectivity index (χ2v) is 6.33. The lowest BCUT2D eigenvalue weighted by Crippen LogP contribution is -2.44. The molecule has 4 heteroatoms. The minimum atomic E-state index is -1.13. The first-order valence-electron chi connectivity index (χ1n) is 5.36. The van der Waals surface area contributed by atoms with Gasteiger partial charge in [-0.3, -0.25) is 0 Å². The molecule has 82 valence electrons. The van der Waals surface area contributed by atoms with Crippen LogP contribution in [0.2, 0.25) is 4.34 Å². The first kappa shape index (κ1) is 10.1. The van der Waals surface area contributed by atoms with E-state index in [1.54, 1.807) is 6.07 Å². The fraction of sp³-hybridized carbons (Fsp3) is 0.636. The smallest absolute Gasteiger partial charge is 0.148 e. The summed E-state index contributed by atoms with van der Waals surface area (Å²) in [4.78, 5) is 0.811. The molecular weight excluding hydrogens is 233 g/mol. The van der Waals surface area contributed by atoms with Crippen LogP contribution >= 0.6 is 22.9 Å². The molecule has 2 aliphatic rings. The normalized spacial score (nSPS) is 39.6. The van der Waals surface area contributed by atoms with Crippen molar-refractivity contribution in [1.29, 1.82) is 0 Å². The molecule has 0 aromatic carbocycles. The van der Waals surface area contributed by atoms with Crippen molar-refractivity contribution < 1.29 is 4.39 Å². The standard InChI is InChI=1S/C11H13ClFNS/c12-10-4-3-9(15-10)11(13)5-7-1-2-8(6-11)14-7/h3-4,7-8,14H,1-2,5-6H2. The molecule has 3 rings (SSSR count). The van der Waals surface area contributed by atoms with Gasteiger partial charge in [-0.25, -0.2) is 4.39 Å². The Morgan fingerprint density at radius 3 is 2.53 bits per heavy atom. The lowest BCUT2D eigenvalue weighted by atomic mass is 9.88. The number of thiophene rings is 1. The molecular formula is C11H13ClFNS. The molecule has 0 radical (unpaired) electrons. The van der Waals surface area contributed by atoms with Gasteiger partial charge in [0.05, 0.1) is 4.34 Å². The van der Waals surface area contributed by atoms with E-state index >= 15 is 0 Å². The molecule has 0 spiro atoms. The second kappa shape index (κ2) is 3.44. The number of piperidine rings is 1. The van der Waals surface area contributed by atoms with E-state index in [-0.39, 0.29) is 0 Å². The average molecular weight is 246 g/mol. The molecule has 2 saturated heterocycles. The maximum Gasteiger partial charge on any atom is 0.148 e. The van der Waals surface area contributed by atoms with E-state index in [4.69, 9.17) is 11.6 Å². The number of halogens is 2. The highest BCUT2D eigenvalue weighted by Crippen LogP contribution is 2.46. The Hall–Kier alpha value is -0.120. The molecule has 3 heterocycles. The number of fused-ring (bicyclic) bond motifs is 2. The van der Waals surface area contributed by atoms with Crippen LogP contribution < -0.4 is 5.32 Å². The Morgan fingerprint density at radius 2 is 2.00 bits per heavy atom. The Bertz CT molecular complexity index is 366. The van der Waals surface area contributed by atoms with Gasteiger partial charge in [0.25, 0.3) is 0 Å². The van der Waals surface area contributed by atoms with E-state index in [0.29, 0.717) is 29.3 Å². The lowest BCUT2D eigenvalue weighted by Gasteiger charge is -2.34. The van der Waals surface area contributed by atoms with Crippen LogP contribution in [0, 0.1) is 0 Å². The zero-order valence-corrected chi connectivity index (χ0v) is 9.87. The molecule has 2 atom stereocenters. The topological polar surface area (TPSA) is 12.0 Å². The van der Waals surface area contributed by atoms with Crippen molar-refractivity contribution in [2.24, 2.45) is 0 Å². The Labute approximate surface area is 97.6 Å². The first-order valence-corrected chi connectivity index (χ1v) is 6.56. The van der Waals surface area contributed by atoms with Gasteiger partial charge >= 0.3 is 0 Å². The van der Waals surface area contributed by atoms with Crippen molar-refractivity contribution in [2.75, 3.05) is 0 Å². The Kier molecular flexibility index (Phi) is 2.31. The van der Waals surface area contributed by atoms with Gasteiger partial charge in [0.15, 0.2) is 0 Å². The van der Waals surface area contributed by atoms with Crippen LogP contribution in [0.5, 0.6) is 0 Å². The molecule has 0 amide bonds. The van der Waals surface area contributed by atoms with E-state index in [1.807, 2.05) is 6.07 Å². The summed E-state index contributed by atoms with van der Waals surface area (Å²) in [5.41, 5.74) is -1.13. The number of rotatable bonds is 1. The fourth-order valence-corrected chi connectivity index (χ4v) is 3.99. The van der Waals surface area contributed by atoms with Gasteiger partial charge in [-0.05, 0) is 25.0 Å². The highest BCUT2D eigenvalue weighted by atomic mass is 35.5. The third-order valence-electron chi connectivity index (χ3n) is 3.49. The molecule has 1 aromatic rings. The molecule has 2 bridgehead atoms. The van der Waals surface area contributed by atoms with E-state index < -0.39 is 5.67 Å². The van der Waals surface area contributed by atoms with Crippen molar-refractivity contribution in [2.45, 2.75) is 43.4 Å². The quantitative estimate of drug-likeness (QED) is 0.799. The largest absolute Gasteiger partial charge is 0.311 e. The third kappa shape index (κ3) is 1.71. The van der Waals surface area contributed by atoms with Crippen LogP contribution in [0.4, 0.5) is 4.39 Å². The van der Waals surface area contributed by atoms with Crippen molar-refractivity contribution in [3.05, 3.63) is 21.3 Å². The van der Waals surface area contributed by atoms with E-state index in [2.05, 4.69) is 5.32 Å². The van der Waals surface area contributed by atoms with Crippen LogP contribution in [0.15, 0.2) is 12.1 Å². The van der Waals surface area contributed by atoms with Crippen molar-refractivity contribution in [3.8, 4) is 0 Å². The minimum Gasteiger partial charge on any atom is -0.311 e.